The molecule has 6 atom stereocenters. The molecule has 1 aromatic carbocycles. The van der Waals surface area contributed by atoms with E-state index in [9.17, 15) is 4.79 Å². The standard InChI is InChI=1S/C23H31NO4/c1-16-10-11-18-15-20(25)24(14-6-9-17-7-4-3-5-8-17)21-23(18)19(16)12-13-22(2,26-21)27-28-23/h3-5,7-8,16,18-19,21H,6,9-15H2,1-2H3/t16-,18+,19+,21?,22-,23+/m1/s1. The van der Waals surface area contributed by atoms with Crippen molar-refractivity contribution in [1.29, 1.82) is 0 Å². The second kappa shape index (κ2) is 6.82. The monoisotopic (exact) mass is 385 g/mol. The molecule has 0 radical (unpaired) electrons. The van der Waals surface area contributed by atoms with E-state index in [1.54, 1.807) is 0 Å². The first-order chi connectivity index (χ1) is 13.5. The zero-order valence-electron chi connectivity index (χ0n) is 16.9. The highest BCUT2D eigenvalue weighted by Crippen LogP contribution is 2.59. The molecule has 5 fully saturated rings. The van der Waals surface area contributed by atoms with Gasteiger partial charge in [-0.15, -0.1) is 0 Å². The summed E-state index contributed by atoms with van der Waals surface area (Å²) in [6.45, 7) is 4.98. The first kappa shape index (κ1) is 18.6. The van der Waals surface area contributed by atoms with Crippen LogP contribution < -0.4 is 0 Å². The molecular weight excluding hydrogens is 354 g/mol. The Kier molecular flexibility index (Phi) is 4.53. The third-order valence-electron chi connectivity index (χ3n) is 7.63. The van der Waals surface area contributed by atoms with Gasteiger partial charge in [0.2, 0.25) is 11.7 Å². The normalized spacial score (nSPS) is 42.2. The van der Waals surface area contributed by atoms with Gasteiger partial charge in [0.25, 0.3) is 0 Å². The van der Waals surface area contributed by atoms with E-state index in [1.165, 1.54) is 5.56 Å². The van der Waals surface area contributed by atoms with Gasteiger partial charge in [-0.1, -0.05) is 37.3 Å². The Morgan fingerprint density at radius 3 is 2.79 bits per heavy atom. The molecule has 1 saturated carbocycles. The van der Waals surface area contributed by atoms with E-state index in [0.717, 1.165) is 38.5 Å². The number of amides is 1. The summed E-state index contributed by atoms with van der Waals surface area (Å²) in [6, 6.07) is 10.5. The highest BCUT2D eigenvalue weighted by Gasteiger charge is 2.68. The number of hydrogen-bond acceptors (Lipinski definition) is 4. The van der Waals surface area contributed by atoms with Gasteiger partial charge in [-0.2, -0.15) is 0 Å². The van der Waals surface area contributed by atoms with Gasteiger partial charge in [0.15, 0.2) is 11.8 Å². The molecule has 5 nitrogen and oxygen atoms in total. The lowest BCUT2D eigenvalue weighted by Crippen LogP contribution is -2.73. The second-order valence-corrected chi connectivity index (χ2v) is 9.40. The van der Waals surface area contributed by atoms with Crippen molar-refractivity contribution in [2.45, 2.75) is 76.4 Å². The van der Waals surface area contributed by atoms with Gasteiger partial charge >= 0.3 is 0 Å². The Bertz CT molecular complexity index is 735. The number of likely N-dealkylation sites (tertiary alicyclic amines) is 1. The van der Waals surface area contributed by atoms with Crippen molar-refractivity contribution in [2.75, 3.05) is 6.54 Å². The molecule has 5 heteroatoms. The number of ether oxygens (including phenoxy) is 1. The number of fused-ring (bicyclic) bond motifs is 2. The summed E-state index contributed by atoms with van der Waals surface area (Å²) in [7, 11) is 0. The number of aryl methyl sites for hydroxylation is 1. The van der Waals surface area contributed by atoms with Gasteiger partial charge in [-0.05, 0) is 56.4 Å². The van der Waals surface area contributed by atoms with Crippen molar-refractivity contribution in [2.24, 2.45) is 17.8 Å². The molecule has 0 N–H and O–H groups in total. The van der Waals surface area contributed by atoms with Crippen LogP contribution in [0, 0.1) is 17.8 Å². The minimum absolute atomic E-state index is 0.194. The van der Waals surface area contributed by atoms with E-state index in [0.29, 0.717) is 24.8 Å². The number of carbonyl (C=O) groups excluding carboxylic acids is 1. The molecule has 5 aliphatic rings. The third-order valence-corrected chi connectivity index (χ3v) is 7.63. The molecule has 1 amide bonds. The van der Waals surface area contributed by atoms with Crippen LogP contribution in [0.25, 0.3) is 0 Å². The predicted octanol–water partition coefficient (Wildman–Crippen LogP) is 4.07. The molecule has 1 unspecified atom stereocenters. The average molecular weight is 386 g/mol. The maximum atomic E-state index is 13.1. The van der Waals surface area contributed by atoms with E-state index in [1.807, 2.05) is 17.9 Å². The molecule has 1 aromatic rings. The molecule has 2 bridgehead atoms. The van der Waals surface area contributed by atoms with Crippen LogP contribution in [0.5, 0.6) is 0 Å². The van der Waals surface area contributed by atoms with Crippen LogP contribution in [0.1, 0.15) is 57.9 Å². The van der Waals surface area contributed by atoms with Gasteiger partial charge in [0, 0.05) is 25.3 Å². The Labute approximate surface area is 167 Å². The lowest BCUT2D eigenvalue weighted by molar-refractivity contribution is -0.546. The fourth-order valence-corrected chi connectivity index (χ4v) is 6.10. The molecule has 0 aromatic heterocycles. The first-order valence-corrected chi connectivity index (χ1v) is 10.9. The average Bonchev–Trinajstić information content (AvgIpc) is 2.93. The maximum absolute atomic E-state index is 13.1. The quantitative estimate of drug-likeness (QED) is 0.733. The smallest absolute Gasteiger partial charge is 0.225 e. The van der Waals surface area contributed by atoms with Crippen molar-refractivity contribution in [3.63, 3.8) is 0 Å². The minimum atomic E-state index is -0.757. The number of hydrogen-bond donors (Lipinski definition) is 0. The maximum Gasteiger partial charge on any atom is 0.225 e. The summed E-state index contributed by atoms with van der Waals surface area (Å²) < 4.78 is 6.52. The summed E-state index contributed by atoms with van der Waals surface area (Å²) >= 11 is 0. The molecule has 4 saturated heterocycles. The van der Waals surface area contributed by atoms with Gasteiger partial charge in [0.05, 0.1) is 0 Å². The minimum Gasteiger partial charge on any atom is -0.321 e. The van der Waals surface area contributed by atoms with E-state index in [2.05, 4.69) is 31.2 Å². The van der Waals surface area contributed by atoms with Crippen molar-refractivity contribution in [3.05, 3.63) is 35.9 Å². The van der Waals surface area contributed by atoms with Crippen LogP contribution in [0.3, 0.4) is 0 Å². The first-order valence-electron chi connectivity index (χ1n) is 10.9. The van der Waals surface area contributed by atoms with Gasteiger partial charge in [-0.25, -0.2) is 9.78 Å². The summed E-state index contributed by atoms with van der Waals surface area (Å²) in [5.74, 6) is 0.587. The van der Waals surface area contributed by atoms with E-state index in [4.69, 9.17) is 14.5 Å². The summed E-state index contributed by atoms with van der Waals surface area (Å²) in [5, 5.41) is 0. The number of carbonyl (C=O) groups is 1. The van der Waals surface area contributed by atoms with Crippen molar-refractivity contribution >= 4 is 5.91 Å². The van der Waals surface area contributed by atoms with Crippen molar-refractivity contribution in [3.8, 4) is 0 Å². The summed E-state index contributed by atoms with van der Waals surface area (Å²) in [6.07, 6.45) is 6.14. The molecule has 152 valence electrons. The topological polar surface area (TPSA) is 48.0 Å². The zero-order valence-corrected chi connectivity index (χ0v) is 16.9. The molecule has 1 spiro atoms. The zero-order chi connectivity index (χ0) is 19.4. The SMILES string of the molecule is C[C@@H]1CC[C@H]2CC(=O)N(CCCc3ccccc3)C3O[C@@]4(C)CC[C@@H]1[C@]32OO4. The fourth-order valence-electron chi connectivity index (χ4n) is 6.10. The Morgan fingerprint density at radius 1 is 1.14 bits per heavy atom. The van der Waals surface area contributed by atoms with Crippen LogP contribution >= 0.6 is 0 Å². The summed E-state index contributed by atoms with van der Waals surface area (Å²) in [5.41, 5.74) is 0.802. The molecule has 1 aliphatic carbocycles. The lowest BCUT2D eigenvalue weighted by Gasteiger charge is -2.60. The second-order valence-electron chi connectivity index (χ2n) is 9.40. The fraction of sp³-hybridized carbons (Fsp3) is 0.696. The van der Waals surface area contributed by atoms with Crippen LogP contribution in [0.15, 0.2) is 30.3 Å². The van der Waals surface area contributed by atoms with E-state index >= 15 is 0 Å². The highest BCUT2D eigenvalue weighted by atomic mass is 17.3. The number of piperidine rings is 1. The molecule has 6 rings (SSSR count). The number of benzene rings is 1. The third kappa shape index (κ3) is 2.82. The highest BCUT2D eigenvalue weighted by molar-refractivity contribution is 5.78. The van der Waals surface area contributed by atoms with Crippen molar-refractivity contribution < 1.29 is 19.3 Å². The largest absolute Gasteiger partial charge is 0.321 e. The predicted molar refractivity (Wildman–Crippen MR) is 104 cm³/mol. The molecule has 4 heterocycles. The van der Waals surface area contributed by atoms with E-state index < -0.39 is 11.4 Å². The number of nitrogens with zero attached hydrogens (tertiary/aromatic N) is 1. The van der Waals surface area contributed by atoms with Crippen LogP contribution in [0.4, 0.5) is 0 Å². The van der Waals surface area contributed by atoms with Crippen molar-refractivity contribution in [1.82, 2.24) is 4.90 Å². The van der Waals surface area contributed by atoms with Gasteiger partial charge in [0.1, 0.15) is 0 Å². The van der Waals surface area contributed by atoms with Gasteiger partial charge in [-0.3, -0.25) is 4.79 Å². The Hall–Kier alpha value is -1.43. The van der Waals surface area contributed by atoms with Crippen LogP contribution in [0.2, 0.25) is 0 Å². The van der Waals surface area contributed by atoms with E-state index in [-0.39, 0.29) is 18.1 Å². The van der Waals surface area contributed by atoms with Crippen LogP contribution in [-0.2, 0) is 25.7 Å². The molecule has 28 heavy (non-hydrogen) atoms. The Morgan fingerprint density at radius 2 is 1.96 bits per heavy atom. The van der Waals surface area contributed by atoms with Crippen LogP contribution in [-0.4, -0.2) is 35.0 Å². The van der Waals surface area contributed by atoms with Gasteiger partial charge < -0.3 is 9.64 Å². The summed E-state index contributed by atoms with van der Waals surface area (Å²) in [4.78, 5) is 27.2. The Balaban J connectivity index is 1.42. The number of rotatable bonds is 4. The molecule has 4 aliphatic heterocycles. The molecular formula is C23H31NO4. The lowest BCUT2D eigenvalue weighted by atomic mass is 9.59.